The summed E-state index contributed by atoms with van der Waals surface area (Å²) in [7, 11) is 0. The fourth-order valence-electron chi connectivity index (χ4n) is 8.83. The molecule has 0 aliphatic heterocycles. The number of carbonyl (C=O) groups is 1. The van der Waals surface area contributed by atoms with Gasteiger partial charge in [-0.3, -0.25) is 9.48 Å². The molecule has 8 atom stereocenters. The standard InChI is InChI=1S/C26H37F3N2O2/c1-23(33)10-11-24(2)16(12-23)4-5-18-19-6-7-21(25(19,3)9-8-20(18)24)22(32)15-31-14-17(13-30-31)26(27,28)29/h13-14,16,18-21,33H,4-12,15H2,1-3H3/t16-,18+,19+,20+,21-,23-,24+,25+/m1/s1. The van der Waals surface area contributed by atoms with Crippen LogP contribution in [0.3, 0.4) is 0 Å². The van der Waals surface area contributed by atoms with E-state index in [9.17, 15) is 23.1 Å². The van der Waals surface area contributed by atoms with E-state index in [0.29, 0.717) is 23.7 Å². The number of Topliss-reactive ketones (excluding diaryl/α,β-unsaturated/α-hetero) is 1. The predicted molar refractivity (Wildman–Crippen MR) is 118 cm³/mol. The summed E-state index contributed by atoms with van der Waals surface area (Å²) < 4.78 is 39.9. The van der Waals surface area contributed by atoms with Crippen LogP contribution in [0.2, 0.25) is 0 Å². The van der Waals surface area contributed by atoms with E-state index < -0.39 is 17.3 Å². The Morgan fingerprint density at radius 1 is 1.06 bits per heavy atom. The van der Waals surface area contributed by atoms with Gasteiger partial charge in [0.25, 0.3) is 0 Å². The average Bonchev–Trinajstić information content (AvgIpc) is 3.32. The first-order chi connectivity index (χ1) is 15.3. The number of hydrogen-bond donors (Lipinski definition) is 1. The van der Waals surface area contributed by atoms with E-state index in [1.54, 1.807) is 0 Å². The molecule has 33 heavy (non-hydrogen) atoms. The zero-order chi connectivity index (χ0) is 23.8. The highest BCUT2D eigenvalue weighted by molar-refractivity contribution is 5.82. The molecule has 0 amide bonds. The number of rotatable bonds is 3. The Balaban J connectivity index is 1.31. The lowest BCUT2D eigenvalue weighted by Crippen LogP contribution is -2.55. The maximum atomic E-state index is 13.3. The Morgan fingerprint density at radius 3 is 2.48 bits per heavy atom. The van der Waals surface area contributed by atoms with Crippen LogP contribution >= 0.6 is 0 Å². The molecule has 1 N–H and O–H groups in total. The van der Waals surface area contributed by atoms with Crippen LogP contribution in [0.1, 0.15) is 84.1 Å². The fourth-order valence-corrected chi connectivity index (χ4v) is 8.83. The molecule has 0 saturated heterocycles. The number of ketones is 1. The van der Waals surface area contributed by atoms with E-state index in [0.717, 1.165) is 68.4 Å². The van der Waals surface area contributed by atoms with E-state index in [1.165, 1.54) is 6.42 Å². The molecular weight excluding hydrogens is 429 g/mol. The van der Waals surface area contributed by atoms with Gasteiger partial charge >= 0.3 is 6.18 Å². The minimum absolute atomic E-state index is 0.0314. The third-order valence-electron chi connectivity index (χ3n) is 10.6. The van der Waals surface area contributed by atoms with E-state index >= 15 is 0 Å². The minimum Gasteiger partial charge on any atom is -0.390 e. The van der Waals surface area contributed by atoms with Crippen LogP contribution < -0.4 is 0 Å². The smallest absolute Gasteiger partial charge is 0.390 e. The van der Waals surface area contributed by atoms with Crippen LogP contribution in [-0.2, 0) is 17.5 Å². The summed E-state index contributed by atoms with van der Waals surface area (Å²) in [4.78, 5) is 13.3. The molecule has 4 aliphatic rings. The Hall–Kier alpha value is -1.37. The van der Waals surface area contributed by atoms with Crippen LogP contribution in [0.25, 0.3) is 0 Å². The lowest BCUT2D eigenvalue weighted by Gasteiger charge is -2.61. The molecule has 1 heterocycles. The summed E-state index contributed by atoms with van der Waals surface area (Å²) in [5.74, 6) is 2.29. The number of nitrogens with zero attached hydrogens (tertiary/aromatic N) is 2. The van der Waals surface area contributed by atoms with Gasteiger partial charge in [-0.25, -0.2) is 0 Å². The molecule has 4 saturated carbocycles. The van der Waals surface area contributed by atoms with Crippen molar-refractivity contribution < 1.29 is 23.1 Å². The van der Waals surface area contributed by atoms with Crippen molar-refractivity contribution >= 4 is 5.78 Å². The van der Waals surface area contributed by atoms with Gasteiger partial charge in [0.1, 0.15) is 0 Å². The van der Waals surface area contributed by atoms with E-state index in [1.807, 2.05) is 6.92 Å². The van der Waals surface area contributed by atoms with Crippen LogP contribution in [0.4, 0.5) is 13.2 Å². The summed E-state index contributed by atoms with van der Waals surface area (Å²) in [6.07, 6.45) is 6.52. The lowest BCUT2D eigenvalue weighted by atomic mass is 9.44. The number of hydrogen-bond acceptors (Lipinski definition) is 3. The number of aromatic nitrogens is 2. The van der Waals surface area contributed by atoms with Crippen LogP contribution in [-0.4, -0.2) is 26.3 Å². The zero-order valence-electron chi connectivity index (χ0n) is 20.0. The lowest BCUT2D eigenvalue weighted by molar-refractivity contribution is -0.151. The molecule has 7 heteroatoms. The van der Waals surface area contributed by atoms with Gasteiger partial charge in [-0.15, -0.1) is 0 Å². The van der Waals surface area contributed by atoms with Crippen molar-refractivity contribution in [2.75, 3.05) is 0 Å². The molecule has 0 bridgehead atoms. The molecule has 0 spiro atoms. The molecule has 1 aromatic rings. The molecule has 1 aromatic heterocycles. The molecule has 5 rings (SSSR count). The van der Waals surface area contributed by atoms with E-state index in [2.05, 4.69) is 18.9 Å². The van der Waals surface area contributed by atoms with Gasteiger partial charge in [0.05, 0.1) is 23.9 Å². The molecule has 0 radical (unpaired) electrons. The van der Waals surface area contributed by atoms with Crippen molar-refractivity contribution in [3.8, 4) is 0 Å². The molecule has 4 nitrogen and oxygen atoms in total. The van der Waals surface area contributed by atoms with Gasteiger partial charge in [0, 0.05) is 12.1 Å². The van der Waals surface area contributed by atoms with Crippen LogP contribution in [0, 0.1) is 40.4 Å². The third-order valence-corrected chi connectivity index (χ3v) is 10.6. The van der Waals surface area contributed by atoms with Crippen molar-refractivity contribution in [3.63, 3.8) is 0 Å². The van der Waals surface area contributed by atoms with Gasteiger partial charge in [0.2, 0.25) is 0 Å². The Labute approximate surface area is 194 Å². The second kappa shape index (κ2) is 7.56. The number of carbonyl (C=O) groups excluding carboxylic acids is 1. The van der Waals surface area contributed by atoms with Crippen molar-refractivity contribution in [2.24, 2.45) is 40.4 Å². The molecule has 184 valence electrons. The van der Waals surface area contributed by atoms with Crippen molar-refractivity contribution in [3.05, 3.63) is 18.0 Å². The molecular formula is C26H37F3N2O2. The van der Waals surface area contributed by atoms with Crippen molar-refractivity contribution in [2.45, 2.75) is 96.9 Å². The average molecular weight is 467 g/mol. The number of fused-ring (bicyclic) bond motifs is 5. The predicted octanol–water partition coefficient (Wildman–Crippen LogP) is 5.88. The number of aliphatic hydroxyl groups is 1. The van der Waals surface area contributed by atoms with Gasteiger partial charge < -0.3 is 5.11 Å². The maximum absolute atomic E-state index is 13.3. The molecule has 4 aliphatic carbocycles. The van der Waals surface area contributed by atoms with Crippen molar-refractivity contribution in [1.82, 2.24) is 9.78 Å². The van der Waals surface area contributed by atoms with E-state index in [-0.39, 0.29) is 29.1 Å². The highest BCUT2D eigenvalue weighted by atomic mass is 19.4. The first-order valence-electron chi connectivity index (χ1n) is 12.7. The Kier molecular flexibility index (Phi) is 5.36. The van der Waals surface area contributed by atoms with Gasteiger partial charge in [-0.1, -0.05) is 13.8 Å². The highest BCUT2D eigenvalue weighted by Gasteiger charge is 2.61. The Bertz CT molecular complexity index is 925. The van der Waals surface area contributed by atoms with Crippen LogP contribution in [0.15, 0.2) is 12.4 Å². The highest BCUT2D eigenvalue weighted by Crippen LogP contribution is 2.68. The zero-order valence-corrected chi connectivity index (χ0v) is 20.0. The molecule has 4 fully saturated rings. The first kappa shape index (κ1) is 23.4. The summed E-state index contributed by atoms with van der Waals surface area (Å²) in [5.41, 5.74) is -1.13. The van der Waals surface area contributed by atoms with Crippen molar-refractivity contribution in [1.29, 1.82) is 0 Å². The van der Waals surface area contributed by atoms with Gasteiger partial charge in [-0.2, -0.15) is 18.3 Å². The maximum Gasteiger partial charge on any atom is 0.419 e. The first-order valence-corrected chi connectivity index (χ1v) is 12.7. The minimum atomic E-state index is -4.44. The quantitative estimate of drug-likeness (QED) is 0.605. The second-order valence-electron chi connectivity index (χ2n) is 12.4. The normalized spacial score (nSPS) is 45.2. The summed E-state index contributed by atoms with van der Waals surface area (Å²) in [5, 5.41) is 14.5. The largest absolute Gasteiger partial charge is 0.419 e. The van der Waals surface area contributed by atoms with Gasteiger partial charge in [0.15, 0.2) is 5.78 Å². The summed E-state index contributed by atoms with van der Waals surface area (Å²) in [6.45, 7) is 6.64. The van der Waals surface area contributed by atoms with E-state index in [4.69, 9.17) is 0 Å². The third kappa shape index (κ3) is 3.77. The molecule has 0 aromatic carbocycles. The van der Waals surface area contributed by atoms with Crippen LogP contribution in [0.5, 0.6) is 0 Å². The number of halogens is 3. The SMILES string of the molecule is C[C@@]1(O)CC[C@@]2(C)[C@H](CC[C@@H]3[C@@H]2CC[C@]2(C)[C@@H](C(=O)Cn4cc(C(F)(F)F)cn4)CC[C@@H]32)C1. The second-order valence-corrected chi connectivity index (χ2v) is 12.4. The molecule has 0 unspecified atom stereocenters. The number of alkyl halides is 3. The summed E-state index contributed by atoms with van der Waals surface area (Å²) >= 11 is 0. The van der Waals surface area contributed by atoms with Gasteiger partial charge in [-0.05, 0) is 99.2 Å². The Morgan fingerprint density at radius 2 is 1.79 bits per heavy atom. The monoisotopic (exact) mass is 466 g/mol. The topological polar surface area (TPSA) is 55.1 Å². The fraction of sp³-hybridized carbons (Fsp3) is 0.846. The summed E-state index contributed by atoms with van der Waals surface area (Å²) in [6, 6.07) is 0.